The van der Waals surface area contributed by atoms with Crippen molar-refractivity contribution in [2.45, 2.75) is 18.4 Å². The van der Waals surface area contributed by atoms with Crippen molar-refractivity contribution in [3.8, 4) is 0 Å². The van der Waals surface area contributed by atoms with E-state index in [9.17, 15) is 0 Å². The van der Waals surface area contributed by atoms with Gasteiger partial charge in [-0.15, -0.1) is 11.8 Å². The normalized spacial score (nSPS) is 10.7. The highest BCUT2D eigenvalue weighted by atomic mass is 32.2. The number of aromatic nitrogens is 2. The second kappa shape index (κ2) is 5.29. The average molecular weight is 199 g/mol. The number of nitrogens with one attached hydrogen (secondary N) is 1. The molecule has 1 heterocycles. The maximum Gasteiger partial charge on any atom is 0.0939 e. The maximum atomic E-state index is 4.29. The summed E-state index contributed by atoms with van der Waals surface area (Å²) in [6.45, 7) is 3.11. The highest BCUT2D eigenvalue weighted by Gasteiger charge is 2.01. The molecule has 1 rings (SSSR count). The maximum absolute atomic E-state index is 4.29. The highest BCUT2D eigenvalue weighted by Crippen LogP contribution is 2.18. The summed E-state index contributed by atoms with van der Waals surface area (Å²) in [7, 11) is 3.98. The van der Waals surface area contributed by atoms with E-state index in [1.165, 1.54) is 11.4 Å². The van der Waals surface area contributed by atoms with E-state index in [0.717, 1.165) is 18.0 Å². The molecular formula is C9H17N3S. The van der Waals surface area contributed by atoms with E-state index in [2.05, 4.69) is 16.5 Å². The van der Waals surface area contributed by atoms with E-state index in [4.69, 9.17) is 0 Å². The smallest absolute Gasteiger partial charge is 0.0939 e. The van der Waals surface area contributed by atoms with Gasteiger partial charge < -0.3 is 5.32 Å². The summed E-state index contributed by atoms with van der Waals surface area (Å²) >= 11 is 1.87. The van der Waals surface area contributed by atoms with Gasteiger partial charge in [0.25, 0.3) is 0 Å². The van der Waals surface area contributed by atoms with E-state index < -0.39 is 0 Å². The van der Waals surface area contributed by atoms with E-state index in [0.29, 0.717) is 0 Å². The molecule has 0 saturated carbocycles. The van der Waals surface area contributed by atoms with Crippen molar-refractivity contribution in [1.82, 2.24) is 15.1 Å². The van der Waals surface area contributed by atoms with E-state index in [-0.39, 0.29) is 0 Å². The first-order valence-electron chi connectivity index (χ1n) is 4.52. The molecule has 4 heteroatoms. The molecule has 0 saturated heterocycles. The summed E-state index contributed by atoms with van der Waals surface area (Å²) in [6.07, 6.45) is 1.20. The summed E-state index contributed by atoms with van der Waals surface area (Å²) in [5.41, 5.74) is 1.10. The lowest BCUT2D eigenvalue weighted by Crippen LogP contribution is -2.08. The van der Waals surface area contributed by atoms with Crippen LogP contribution in [0, 0.1) is 6.92 Å². The van der Waals surface area contributed by atoms with Gasteiger partial charge in [0.05, 0.1) is 10.7 Å². The van der Waals surface area contributed by atoms with Crippen LogP contribution < -0.4 is 5.32 Å². The van der Waals surface area contributed by atoms with Gasteiger partial charge in [0.15, 0.2) is 0 Å². The molecule has 0 aliphatic rings. The third-order valence-electron chi connectivity index (χ3n) is 1.78. The van der Waals surface area contributed by atoms with Gasteiger partial charge in [-0.05, 0) is 33.0 Å². The number of nitrogens with zero attached hydrogens (tertiary/aromatic N) is 2. The molecular weight excluding hydrogens is 182 g/mol. The Balaban J connectivity index is 2.32. The van der Waals surface area contributed by atoms with Crippen LogP contribution in [0.2, 0.25) is 0 Å². The summed E-state index contributed by atoms with van der Waals surface area (Å²) in [5, 5.41) is 8.69. The fraction of sp³-hybridized carbons (Fsp3) is 0.667. The topological polar surface area (TPSA) is 29.9 Å². The highest BCUT2D eigenvalue weighted by molar-refractivity contribution is 7.99. The summed E-state index contributed by atoms with van der Waals surface area (Å²) in [4.78, 5) is 0. The van der Waals surface area contributed by atoms with Crippen molar-refractivity contribution >= 4 is 11.8 Å². The van der Waals surface area contributed by atoms with Crippen LogP contribution in [0.1, 0.15) is 12.1 Å². The lowest BCUT2D eigenvalue weighted by Gasteiger charge is -2.00. The Morgan fingerprint density at radius 3 is 2.92 bits per heavy atom. The molecule has 0 spiro atoms. The lowest BCUT2D eigenvalue weighted by molar-refractivity contribution is 0.691. The Bertz CT molecular complexity index is 257. The molecule has 13 heavy (non-hydrogen) atoms. The Morgan fingerprint density at radius 2 is 2.38 bits per heavy atom. The van der Waals surface area contributed by atoms with Gasteiger partial charge in [0, 0.05) is 12.8 Å². The quantitative estimate of drug-likeness (QED) is 0.575. The molecule has 0 aliphatic heterocycles. The summed E-state index contributed by atoms with van der Waals surface area (Å²) in [5.74, 6) is 1.15. The Labute approximate surface area is 83.9 Å². The molecule has 0 unspecified atom stereocenters. The first kappa shape index (κ1) is 10.6. The van der Waals surface area contributed by atoms with Crippen molar-refractivity contribution < 1.29 is 0 Å². The molecule has 3 nitrogen and oxygen atoms in total. The van der Waals surface area contributed by atoms with E-state index >= 15 is 0 Å². The van der Waals surface area contributed by atoms with Crippen LogP contribution >= 0.6 is 11.8 Å². The Hall–Kier alpha value is -0.480. The number of hydrogen-bond donors (Lipinski definition) is 1. The van der Waals surface area contributed by atoms with Gasteiger partial charge in [-0.25, -0.2) is 0 Å². The number of aryl methyl sites for hydroxylation is 2. The monoisotopic (exact) mass is 199 g/mol. The summed E-state index contributed by atoms with van der Waals surface area (Å²) in [6, 6.07) is 2.13. The zero-order valence-electron chi connectivity index (χ0n) is 8.50. The van der Waals surface area contributed by atoms with Crippen molar-refractivity contribution in [2.75, 3.05) is 19.3 Å². The fourth-order valence-electron chi connectivity index (χ4n) is 1.15. The van der Waals surface area contributed by atoms with Crippen LogP contribution in [0.5, 0.6) is 0 Å². The zero-order chi connectivity index (χ0) is 9.68. The van der Waals surface area contributed by atoms with Crippen LogP contribution in [0.25, 0.3) is 0 Å². The largest absolute Gasteiger partial charge is 0.320 e. The predicted molar refractivity (Wildman–Crippen MR) is 57.2 cm³/mol. The molecule has 1 aromatic rings. The lowest BCUT2D eigenvalue weighted by atomic mass is 10.5. The molecule has 0 amide bonds. The van der Waals surface area contributed by atoms with E-state index in [1.54, 1.807) is 0 Å². The van der Waals surface area contributed by atoms with Crippen molar-refractivity contribution in [3.05, 3.63) is 11.8 Å². The molecule has 0 radical (unpaired) electrons. The minimum absolute atomic E-state index is 1.09. The van der Waals surface area contributed by atoms with Gasteiger partial charge in [0.1, 0.15) is 0 Å². The minimum Gasteiger partial charge on any atom is -0.320 e. The predicted octanol–water partition coefficient (Wildman–Crippen LogP) is 1.43. The standard InChI is InChI=1S/C9H17N3S/c1-8-7-9(12(3)11-8)13-6-4-5-10-2/h7,10H,4-6H2,1-3H3. The first-order valence-corrected chi connectivity index (χ1v) is 5.50. The van der Waals surface area contributed by atoms with Crippen LogP contribution in [-0.4, -0.2) is 29.1 Å². The van der Waals surface area contributed by atoms with Crippen LogP contribution in [0.15, 0.2) is 11.1 Å². The van der Waals surface area contributed by atoms with Crippen molar-refractivity contribution in [2.24, 2.45) is 7.05 Å². The fourth-order valence-corrected chi connectivity index (χ4v) is 2.13. The van der Waals surface area contributed by atoms with Crippen molar-refractivity contribution in [1.29, 1.82) is 0 Å². The zero-order valence-corrected chi connectivity index (χ0v) is 9.32. The average Bonchev–Trinajstić information content (AvgIpc) is 2.39. The number of rotatable bonds is 5. The Morgan fingerprint density at radius 1 is 1.62 bits per heavy atom. The third-order valence-corrected chi connectivity index (χ3v) is 2.95. The Kier molecular flexibility index (Phi) is 4.32. The van der Waals surface area contributed by atoms with Crippen molar-refractivity contribution in [3.63, 3.8) is 0 Å². The molecule has 74 valence electrons. The van der Waals surface area contributed by atoms with Crippen LogP contribution in [0.3, 0.4) is 0 Å². The number of thioether (sulfide) groups is 1. The van der Waals surface area contributed by atoms with E-state index in [1.807, 2.05) is 37.5 Å². The summed E-state index contributed by atoms with van der Waals surface area (Å²) < 4.78 is 1.94. The van der Waals surface area contributed by atoms with Gasteiger partial charge >= 0.3 is 0 Å². The third kappa shape index (κ3) is 3.40. The van der Waals surface area contributed by atoms with Gasteiger partial charge in [0.2, 0.25) is 0 Å². The minimum atomic E-state index is 1.09. The second-order valence-electron chi connectivity index (χ2n) is 3.05. The molecule has 0 aliphatic carbocycles. The molecule has 1 N–H and O–H groups in total. The van der Waals surface area contributed by atoms with Gasteiger partial charge in [-0.2, -0.15) is 5.10 Å². The molecule has 1 aromatic heterocycles. The SMILES string of the molecule is CNCCCSc1cc(C)nn1C. The number of hydrogen-bond acceptors (Lipinski definition) is 3. The van der Waals surface area contributed by atoms with Gasteiger partial charge in [-0.1, -0.05) is 0 Å². The molecule has 0 atom stereocenters. The van der Waals surface area contributed by atoms with Crippen LogP contribution in [0.4, 0.5) is 0 Å². The molecule has 0 aromatic carbocycles. The van der Waals surface area contributed by atoms with Crippen LogP contribution in [-0.2, 0) is 7.05 Å². The molecule has 0 fully saturated rings. The van der Waals surface area contributed by atoms with Gasteiger partial charge in [-0.3, -0.25) is 4.68 Å². The first-order chi connectivity index (χ1) is 6.24. The second-order valence-corrected chi connectivity index (χ2v) is 4.17. The molecule has 0 bridgehead atoms.